The molecule has 0 aliphatic heterocycles. The normalized spacial score (nSPS) is 10.3. The summed E-state index contributed by atoms with van der Waals surface area (Å²) in [6.45, 7) is 1.73. The molecule has 1 aromatic carbocycles. The van der Waals surface area contributed by atoms with Crippen molar-refractivity contribution < 1.29 is 13.6 Å². The third-order valence-corrected chi connectivity index (χ3v) is 2.45. The summed E-state index contributed by atoms with van der Waals surface area (Å²) in [5, 5.41) is 2.28. The van der Waals surface area contributed by atoms with E-state index >= 15 is 0 Å². The van der Waals surface area contributed by atoms with Gasteiger partial charge in [0, 0.05) is 11.8 Å². The van der Waals surface area contributed by atoms with Crippen LogP contribution in [0.15, 0.2) is 30.3 Å². The number of anilines is 2. The zero-order valence-electron chi connectivity index (χ0n) is 10.1. The number of benzene rings is 1. The standard InChI is InChI=1S/C13H11F2N3O/c1-7-3-2-4-11(17-7)13(19)18-12-9(15)5-8(14)6-10(12)16/h2-6H,16H2,1H3,(H,18,19). The summed E-state index contributed by atoms with van der Waals surface area (Å²) >= 11 is 0. The number of halogens is 2. The number of aryl methyl sites for hydroxylation is 1. The van der Waals surface area contributed by atoms with Crippen LogP contribution in [0.25, 0.3) is 0 Å². The van der Waals surface area contributed by atoms with E-state index in [-0.39, 0.29) is 17.1 Å². The number of carbonyl (C=O) groups excluding carboxylic acids is 1. The maximum Gasteiger partial charge on any atom is 0.274 e. The van der Waals surface area contributed by atoms with Gasteiger partial charge in [-0.25, -0.2) is 13.8 Å². The molecule has 0 spiro atoms. The second kappa shape index (κ2) is 5.01. The first kappa shape index (κ1) is 12.9. The number of rotatable bonds is 2. The lowest BCUT2D eigenvalue weighted by molar-refractivity contribution is 0.102. The minimum absolute atomic E-state index is 0.128. The Bertz CT molecular complexity index is 621. The number of carbonyl (C=O) groups is 1. The summed E-state index contributed by atoms with van der Waals surface area (Å²) < 4.78 is 26.4. The zero-order chi connectivity index (χ0) is 14.0. The third kappa shape index (κ3) is 2.85. The van der Waals surface area contributed by atoms with Crippen molar-refractivity contribution in [3.63, 3.8) is 0 Å². The maximum atomic E-state index is 13.5. The molecule has 0 aliphatic rings. The predicted molar refractivity (Wildman–Crippen MR) is 67.7 cm³/mol. The molecular weight excluding hydrogens is 252 g/mol. The smallest absolute Gasteiger partial charge is 0.274 e. The van der Waals surface area contributed by atoms with Gasteiger partial charge in [-0.3, -0.25) is 4.79 Å². The van der Waals surface area contributed by atoms with Gasteiger partial charge in [-0.1, -0.05) is 6.07 Å². The first-order valence-corrected chi connectivity index (χ1v) is 5.47. The summed E-state index contributed by atoms with van der Waals surface area (Å²) in [6.07, 6.45) is 0. The van der Waals surface area contributed by atoms with Gasteiger partial charge in [0.25, 0.3) is 5.91 Å². The van der Waals surface area contributed by atoms with E-state index in [0.717, 1.165) is 6.07 Å². The van der Waals surface area contributed by atoms with Gasteiger partial charge in [-0.2, -0.15) is 0 Å². The average molecular weight is 263 g/mol. The molecule has 0 saturated heterocycles. The Morgan fingerprint density at radius 2 is 2.05 bits per heavy atom. The molecule has 4 nitrogen and oxygen atoms in total. The van der Waals surface area contributed by atoms with E-state index in [4.69, 9.17) is 5.73 Å². The number of pyridine rings is 1. The molecular formula is C13H11F2N3O. The molecule has 0 radical (unpaired) electrons. The summed E-state index contributed by atoms with van der Waals surface area (Å²) in [5.74, 6) is -2.35. The fourth-order valence-corrected chi connectivity index (χ4v) is 1.57. The van der Waals surface area contributed by atoms with E-state index in [9.17, 15) is 13.6 Å². The molecule has 1 heterocycles. The second-order valence-corrected chi connectivity index (χ2v) is 3.97. The van der Waals surface area contributed by atoms with E-state index in [1.165, 1.54) is 6.07 Å². The van der Waals surface area contributed by atoms with Crippen LogP contribution in [0.1, 0.15) is 16.2 Å². The summed E-state index contributed by atoms with van der Waals surface area (Å²) in [4.78, 5) is 15.9. The quantitative estimate of drug-likeness (QED) is 0.818. The molecule has 0 bridgehead atoms. The molecule has 1 amide bonds. The van der Waals surface area contributed by atoms with Crippen LogP contribution in [0.5, 0.6) is 0 Å². The predicted octanol–water partition coefficient (Wildman–Crippen LogP) is 2.50. The highest BCUT2D eigenvalue weighted by Crippen LogP contribution is 2.24. The highest BCUT2D eigenvalue weighted by molar-refractivity contribution is 6.04. The van der Waals surface area contributed by atoms with Crippen LogP contribution in [0.2, 0.25) is 0 Å². The molecule has 98 valence electrons. The van der Waals surface area contributed by atoms with Crippen LogP contribution in [-0.4, -0.2) is 10.9 Å². The molecule has 2 aromatic rings. The average Bonchev–Trinajstić information content (AvgIpc) is 2.33. The van der Waals surface area contributed by atoms with Crippen molar-refractivity contribution in [2.45, 2.75) is 6.92 Å². The highest BCUT2D eigenvalue weighted by Gasteiger charge is 2.14. The number of amides is 1. The van der Waals surface area contributed by atoms with E-state index in [1.807, 2.05) is 0 Å². The van der Waals surface area contributed by atoms with Crippen LogP contribution in [-0.2, 0) is 0 Å². The van der Waals surface area contributed by atoms with Crippen molar-refractivity contribution in [1.82, 2.24) is 4.98 Å². The maximum absolute atomic E-state index is 13.5. The molecule has 3 N–H and O–H groups in total. The SMILES string of the molecule is Cc1cccc(C(=O)Nc2c(N)cc(F)cc2F)n1. The topological polar surface area (TPSA) is 68.0 Å². The van der Waals surface area contributed by atoms with Crippen molar-refractivity contribution in [2.24, 2.45) is 0 Å². The lowest BCUT2D eigenvalue weighted by Gasteiger charge is -2.09. The minimum Gasteiger partial charge on any atom is -0.397 e. The Hall–Kier alpha value is -2.50. The van der Waals surface area contributed by atoms with E-state index in [0.29, 0.717) is 11.8 Å². The zero-order valence-corrected chi connectivity index (χ0v) is 10.1. The Labute approximate surface area is 108 Å². The van der Waals surface area contributed by atoms with Crippen LogP contribution < -0.4 is 11.1 Å². The first-order valence-electron chi connectivity index (χ1n) is 5.47. The molecule has 2 rings (SSSR count). The van der Waals surface area contributed by atoms with Crippen molar-refractivity contribution in [1.29, 1.82) is 0 Å². The molecule has 19 heavy (non-hydrogen) atoms. The van der Waals surface area contributed by atoms with Gasteiger partial charge in [0.1, 0.15) is 17.2 Å². The molecule has 0 fully saturated rings. The van der Waals surface area contributed by atoms with Crippen molar-refractivity contribution in [3.05, 3.63) is 53.4 Å². The van der Waals surface area contributed by atoms with E-state index in [2.05, 4.69) is 10.3 Å². The molecule has 0 aliphatic carbocycles. The number of nitrogens with one attached hydrogen (secondary N) is 1. The van der Waals surface area contributed by atoms with Crippen LogP contribution in [0.4, 0.5) is 20.2 Å². The van der Waals surface area contributed by atoms with Gasteiger partial charge in [0.2, 0.25) is 0 Å². The van der Waals surface area contributed by atoms with Gasteiger partial charge < -0.3 is 11.1 Å². The fraction of sp³-hybridized carbons (Fsp3) is 0.0769. The largest absolute Gasteiger partial charge is 0.397 e. The molecule has 0 saturated carbocycles. The first-order chi connectivity index (χ1) is 8.97. The third-order valence-electron chi connectivity index (χ3n) is 2.45. The van der Waals surface area contributed by atoms with Gasteiger partial charge in [-0.15, -0.1) is 0 Å². The number of nitrogens with two attached hydrogens (primary N) is 1. The summed E-state index contributed by atoms with van der Waals surface area (Å²) in [6, 6.07) is 6.45. The van der Waals surface area contributed by atoms with Gasteiger partial charge in [0.05, 0.1) is 5.69 Å². The summed E-state index contributed by atoms with van der Waals surface area (Å²) in [5.41, 5.74) is 5.81. The lowest BCUT2D eigenvalue weighted by Crippen LogP contribution is -2.16. The van der Waals surface area contributed by atoms with Crippen LogP contribution in [0.3, 0.4) is 0 Å². The molecule has 0 unspecified atom stereocenters. The molecule has 0 atom stereocenters. The van der Waals surface area contributed by atoms with Crippen molar-refractivity contribution >= 4 is 17.3 Å². The Kier molecular flexibility index (Phi) is 3.41. The molecule has 6 heteroatoms. The van der Waals surface area contributed by atoms with Crippen LogP contribution in [0, 0.1) is 18.6 Å². The number of hydrogen-bond donors (Lipinski definition) is 2. The lowest BCUT2D eigenvalue weighted by atomic mass is 10.2. The Morgan fingerprint density at radius 3 is 2.68 bits per heavy atom. The Morgan fingerprint density at radius 1 is 1.32 bits per heavy atom. The van der Waals surface area contributed by atoms with Gasteiger partial charge in [-0.05, 0) is 25.1 Å². The van der Waals surface area contributed by atoms with E-state index in [1.54, 1.807) is 19.1 Å². The minimum atomic E-state index is -0.932. The highest BCUT2D eigenvalue weighted by atomic mass is 19.1. The molecule has 1 aromatic heterocycles. The van der Waals surface area contributed by atoms with Crippen LogP contribution >= 0.6 is 0 Å². The number of hydrogen-bond acceptors (Lipinski definition) is 3. The number of aromatic nitrogens is 1. The van der Waals surface area contributed by atoms with Gasteiger partial charge >= 0.3 is 0 Å². The van der Waals surface area contributed by atoms with Crippen molar-refractivity contribution in [2.75, 3.05) is 11.1 Å². The van der Waals surface area contributed by atoms with E-state index < -0.39 is 17.5 Å². The number of nitrogens with zero attached hydrogens (tertiary/aromatic N) is 1. The monoisotopic (exact) mass is 263 g/mol. The van der Waals surface area contributed by atoms with Crippen molar-refractivity contribution in [3.8, 4) is 0 Å². The summed E-state index contributed by atoms with van der Waals surface area (Å²) in [7, 11) is 0. The number of nitrogen functional groups attached to an aromatic ring is 1. The second-order valence-electron chi connectivity index (χ2n) is 3.97. The van der Waals surface area contributed by atoms with Gasteiger partial charge in [0.15, 0.2) is 5.82 Å². The fourth-order valence-electron chi connectivity index (χ4n) is 1.57. The Balaban J connectivity index is 2.29.